The lowest BCUT2D eigenvalue weighted by molar-refractivity contribution is -0.140. The Bertz CT molecular complexity index is 812. The van der Waals surface area contributed by atoms with Crippen LogP contribution < -0.4 is 9.75 Å². The van der Waals surface area contributed by atoms with Crippen molar-refractivity contribution >= 4 is 23.1 Å². The van der Waals surface area contributed by atoms with Crippen LogP contribution in [0.4, 0.5) is 11.4 Å². The first-order valence-electron chi connectivity index (χ1n) is 8.77. The lowest BCUT2D eigenvalue weighted by atomic mass is 9.81. The predicted octanol–water partition coefficient (Wildman–Crippen LogP) is 4.98. The van der Waals surface area contributed by atoms with E-state index >= 15 is 0 Å². The summed E-state index contributed by atoms with van der Waals surface area (Å²) >= 11 is 0. The van der Waals surface area contributed by atoms with Crippen molar-refractivity contribution < 1.29 is 14.3 Å². The van der Waals surface area contributed by atoms with Crippen LogP contribution in [0, 0.1) is 11.3 Å². The maximum Gasteiger partial charge on any atom is 0.261 e. The van der Waals surface area contributed by atoms with Gasteiger partial charge in [-0.1, -0.05) is 37.3 Å². The minimum atomic E-state index is -1.22. The fraction of sp³-hybridized carbons (Fsp3) is 0.333. The van der Waals surface area contributed by atoms with E-state index in [4.69, 9.17) is 4.74 Å². The van der Waals surface area contributed by atoms with Crippen LogP contribution in [-0.2, 0) is 9.59 Å². The van der Waals surface area contributed by atoms with E-state index in [9.17, 15) is 9.59 Å². The van der Waals surface area contributed by atoms with E-state index in [1.165, 1.54) is 5.01 Å². The number of carbonyl (C=O) groups excluding carboxylic acids is 2. The molecule has 0 radical (unpaired) electrons. The minimum absolute atomic E-state index is 0.145. The number of ether oxygens (including phenoxy) is 1. The number of carbonyl (C=O) groups is 2. The Hall–Kier alpha value is -3.02. The Kier molecular flexibility index (Phi) is 6.45. The number of ketones is 1. The lowest BCUT2D eigenvalue weighted by Gasteiger charge is -2.28. The van der Waals surface area contributed by atoms with Gasteiger partial charge in [-0.05, 0) is 50.2 Å². The largest absolute Gasteiger partial charge is 0.497 e. The van der Waals surface area contributed by atoms with Gasteiger partial charge in [-0.25, -0.2) is 0 Å². The van der Waals surface area contributed by atoms with Gasteiger partial charge in [0.15, 0.2) is 0 Å². The van der Waals surface area contributed by atoms with Crippen molar-refractivity contribution in [1.82, 2.24) is 0 Å². The van der Waals surface area contributed by atoms with Crippen LogP contribution in [0.1, 0.15) is 27.7 Å². The molecule has 2 aromatic carbocycles. The van der Waals surface area contributed by atoms with Crippen LogP contribution in [0.2, 0.25) is 0 Å². The number of amides is 1. The zero-order chi connectivity index (χ0) is 20.0. The van der Waals surface area contributed by atoms with Crippen molar-refractivity contribution in [2.24, 2.45) is 21.7 Å². The van der Waals surface area contributed by atoms with Crippen LogP contribution in [0.15, 0.2) is 64.9 Å². The summed E-state index contributed by atoms with van der Waals surface area (Å²) in [5.74, 6) is -0.133. The van der Waals surface area contributed by atoms with Gasteiger partial charge in [-0.15, -0.1) is 5.11 Å². The van der Waals surface area contributed by atoms with E-state index in [0.29, 0.717) is 17.1 Å². The second kappa shape index (κ2) is 8.58. The number of hydrogen-bond acceptors (Lipinski definition) is 5. The molecule has 0 unspecified atom stereocenters. The molecule has 0 atom stereocenters. The van der Waals surface area contributed by atoms with Crippen molar-refractivity contribution in [2.75, 3.05) is 12.1 Å². The zero-order valence-corrected chi connectivity index (χ0v) is 16.3. The number of benzene rings is 2. The molecule has 0 aliphatic rings. The van der Waals surface area contributed by atoms with E-state index in [0.717, 1.165) is 0 Å². The van der Waals surface area contributed by atoms with Gasteiger partial charge in [0.2, 0.25) is 0 Å². The average Bonchev–Trinajstić information content (AvgIpc) is 2.68. The molecule has 0 aliphatic heterocycles. The highest BCUT2D eigenvalue weighted by atomic mass is 16.5. The summed E-state index contributed by atoms with van der Waals surface area (Å²) in [4.78, 5) is 25.7. The summed E-state index contributed by atoms with van der Waals surface area (Å²) in [6.45, 7) is 6.80. The average molecular weight is 367 g/mol. The molecule has 0 aromatic heterocycles. The molecule has 6 nitrogen and oxygen atoms in total. The standard InChI is InChI=1S/C21H25N3O3/c1-15(2)19(25)21(3,4)20(26)24(17-9-7-6-8-10-17)23-22-16-11-13-18(27-5)14-12-16/h6-15H,1-5H3/b23-22+. The molecule has 6 heteroatoms. The number of rotatable bonds is 7. The van der Waals surface area contributed by atoms with Gasteiger partial charge in [-0.2, -0.15) is 5.01 Å². The molecule has 0 aliphatic carbocycles. The molecule has 0 fully saturated rings. The highest BCUT2D eigenvalue weighted by Crippen LogP contribution is 2.29. The maximum atomic E-state index is 13.2. The number of hydrogen-bond donors (Lipinski definition) is 0. The number of Topliss-reactive ketones (excluding diaryl/α,β-unsaturated/α-hetero) is 1. The molecule has 27 heavy (non-hydrogen) atoms. The third-order valence-corrected chi connectivity index (χ3v) is 4.19. The topological polar surface area (TPSA) is 71.3 Å². The third kappa shape index (κ3) is 4.78. The fourth-order valence-electron chi connectivity index (χ4n) is 2.62. The monoisotopic (exact) mass is 367 g/mol. The van der Waals surface area contributed by atoms with Gasteiger partial charge in [0.1, 0.15) is 16.9 Å². The normalized spacial score (nSPS) is 11.6. The first-order chi connectivity index (χ1) is 12.8. The van der Waals surface area contributed by atoms with Crippen molar-refractivity contribution in [2.45, 2.75) is 27.7 Å². The van der Waals surface area contributed by atoms with Gasteiger partial charge in [0.05, 0.1) is 18.5 Å². The zero-order valence-electron chi connectivity index (χ0n) is 16.3. The van der Waals surface area contributed by atoms with Crippen LogP contribution in [0.5, 0.6) is 5.75 Å². The van der Waals surface area contributed by atoms with Gasteiger partial charge in [0, 0.05) is 5.92 Å². The first kappa shape index (κ1) is 20.3. The Balaban J connectivity index is 2.38. The second-order valence-corrected chi connectivity index (χ2v) is 6.98. The molecular weight excluding hydrogens is 342 g/mol. The Morgan fingerprint density at radius 3 is 2.11 bits per heavy atom. The summed E-state index contributed by atoms with van der Waals surface area (Å²) in [6, 6.07) is 15.9. The Morgan fingerprint density at radius 1 is 1.00 bits per heavy atom. The second-order valence-electron chi connectivity index (χ2n) is 6.98. The van der Waals surface area contributed by atoms with E-state index in [1.807, 2.05) is 6.07 Å². The summed E-state index contributed by atoms with van der Waals surface area (Å²) in [6.07, 6.45) is 0. The number of anilines is 1. The van der Waals surface area contributed by atoms with Crippen molar-refractivity contribution in [3.63, 3.8) is 0 Å². The fourth-order valence-corrected chi connectivity index (χ4v) is 2.62. The summed E-state index contributed by atoms with van der Waals surface area (Å²) < 4.78 is 5.12. The smallest absolute Gasteiger partial charge is 0.261 e. The van der Waals surface area contributed by atoms with Crippen LogP contribution in [-0.4, -0.2) is 18.8 Å². The molecule has 1 amide bonds. The van der Waals surface area contributed by atoms with Crippen LogP contribution >= 0.6 is 0 Å². The van der Waals surface area contributed by atoms with E-state index < -0.39 is 11.3 Å². The molecule has 0 spiro atoms. The maximum absolute atomic E-state index is 13.2. The summed E-state index contributed by atoms with van der Waals surface area (Å²) in [5, 5.41) is 9.49. The van der Waals surface area contributed by atoms with Gasteiger partial charge < -0.3 is 4.74 Å². The molecule has 0 heterocycles. The molecule has 2 rings (SSSR count). The third-order valence-electron chi connectivity index (χ3n) is 4.19. The Labute approximate surface area is 159 Å². The van der Waals surface area contributed by atoms with Gasteiger partial charge in [0.25, 0.3) is 5.91 Å². The molecule has 2 aromatic rings. The van der Waals surface area contributed by atoms with Gasteiger partial charge in [-0.3, -0.25) is 9.59 Å². The number of para-hydroxylation sites is 1. The highest BCUT2D eigenvalue weighted by molar-refractivity contribution is 6.11. The van der Waals surface area contributed by atoms with Crippen LogP contribution in [0.25, 0.3) is 0 Å². The predicted molar refractivity (Wildman–Crippen MR) is 105 cm³/mol. The molecule has 0 N–H and O–H groups in total. The minimum Gasteiger partial charge on any atom is -0.497 e. The molecular formula is C21H25N3O3. The van der Waals surface area contributed by atoms with Crippen LogP contribution in [0.3, 0.4) is 0 Å². The quantitative estimate of drug-likeness (QED) is 0.394. The number of methoxy groups -OCH3 is 1. The van der Waals surface area contributed by atoms with Crippen molar-refractivity contribution in [3.8, 4) is 5.75 Å². The molecule has 0 bridgehead atoms. The van der Waals surface area contributed by atoms with Gasteiger partial charge >= 0.3 is 0 Å². The first-order valence-corrected chi connectivity index (χ1v) is 8.77. The summed E-state index contributed by atoms with van der Waals surface area (Å²) in [7, 11) is 1.58. The molecule has 0 saturated heterocycles. The number of nitrogens with zero attached hydrogens (tertiary/aromatic N) is 3. The van der Waals surface area contributed by atoms with Crippen molar-refractivity contribution in [1.29, 1.82) is 0 Å². The molecule has 0 saturated carbocycles. The van der Waals surface area contributed by atoms with E-state index in [-0.39, 0.29) is 11.7 Å². The SMILES string of the molecule is COc1ccc(/N=N/N(C(=O)C(C)(C)C(=O)C(C)C)c2ccccc2)cc1. The summed E-state index contributed by atoms with van der Waals surface area (Å²) in [5.41, 5.74) is -0.106. The van der Waals surface area contributed by atoms with E-state index in [2.05, 4.69) is 10.3 Å². The van der Waals surface area contributed by atoms with E-state index in [1.54, 1.807) is 83.3 Å². The molecule has 142 valence electrons. The lowest BCUT2D eigenvalue weighted by Crippen LogP contribution is -2.44. The Morgan fingerprint density at radius 2 is 1.59 bits per heavy atom. The highest BCUT2D eigenvalue weighted by Gasteiger charge is 2.41. The van der Waals surface area contributed by atoms with Crippen molar-refractivity contribution in [3.05, 3.63) is 54.6 Å².